The molecule has 0 atom stereocenters. The normalized spacial score (nSPS) is 13.2. The quantitative estimate of drug-likeness (QED) is 0.195. The third-order valence-corrected chi connectivity index (χ3v) is 7.57. The summed E-state index contributed by atoms with van der Waals surface area (Å²) in [5.74, 6) is 0.935. The Labute approximate surface area is 201 Å². The molecule has 1 aliphatic carbocycles. The molecule has 1 saturated carbocycles. The SMILES string of the molecule is O=C(CSc1nnc(Cc2cccs2)n1C1CC1)Nc1nc(-c2cccc([N+](=O)[O-])c2)cs1. The van der Waals surface area contributed by atoms with Crippen molar-refractivity contribution in [2.45, 2.75) is 30.5 Å². The molecule has 0 spiro atoms. The maximum absolute atomic E-state index is 12.5. The first kappa shape index (κ1) is 21.7. The van der Waals surface area contributed by atoms with Crippen LogP contribution in [0.25, 0.3) is 11.3 Å². The Hall–Kier alpha value is -3.09. The molecule has 1 aliphatic rings. The number of hydrogen-bond acceptors (Lipinski definition) is 9. The van der Waals surface area contributed by atoms with Gasteiger partial charge in [-0.25, -0.2) is 4.98 Å². The first-order valence-corrected chi connectivity index (χ1v) is 12.9. The molecule has 1 N–H and O–H groups in total. The highest BCUT2D eigenvalue weighted by molar-refractivity contribution is 7.99. The van der Waals surface area contributed by atoms with Gasteiger partial charge in [0.25, 0.3) is 5.69 Å². The number of nitro groups is 1. The fourth-order valence-corrected chi connectivity index (χ4v) is 5.58. The van der Waals surface area contributed by atoms with E-state index < -0.39 is 4.92 Å². The number of benzene rings is 1. The average Bonchev–Trinajstić information content (AvgIpc) is 3.17. The number of carbonyl (C=O) groups excluding carboxylic acids is 1. The van der Waals surface area contributed by atoms with Gasteiger partial charge in [0, 0.05) is 40.4 Å². The van der Waals surface area contributed by atoms with Crippen molar-refractivity contribution < 1.29 is 9.72 Å². The zero-order chi connectivity index (χ0) is 22.8. The van der Waals surface area contributed by atoms with E-state index >= 15 is 0 Å². The number of nitro benzene ring substituents is 1. The maximum atomic E-state index is 12.5. The van der Waals surface area contributed by atoms with E-state index in [9.17, 15) is 14.9 Å². The van der Waals surface area contributed by atoms with Crippen molar-refractivity contribution >= 4 is 51.2 Å². The molecular formula is C21H18N6O3S3. The molecule has 4 aromatic rings. The van der Waals surface area contributed by atoms with Crippen LogP contribution in [0, 0.1) is 10.1 Å². The monoisotopic (exact) mass is 498 g/mol. The molecule has 3 aromatic heterocycles. The van der Waals surface area contributed by atoms with Crippen LogP contribution >= 0.6 is 34.4 Å². The molecule has 12 heteroatoms. The van der Waals surface area contributed by atoms with Gasteiger partial charge in [-0.3, -0.25) is 14.9 Å². The first-order valence-electron chi connectivity index (χ1n) is 10.2. The van der Waals surface area contributed by atoms with Crippen LogP contribution in [-0.4, -0.2) is 36.3 Å². The topological polar surface area (TPSA) is 116 Å². The van der Waals surface area contributed by atoms with Crippen LogP contribution in [-0.2, 0) is 11.2 Å². The lowest BCUT2D eigenvalue weighted by Crippen LogP contribution is -2.14. The number of rotatable bonds is 9. The van der Waals surface area contributed by atoms with Crippen LogP contribution in [0.5, 0.6) is 0 Å². The van der Waals surface area contributed by atoms with E-state index in [1.807, 2.05) is 6.07 Å². The molecule has 1 amide bonds. The molecule has 0 unspecified atom stereocenters. The van der Waals surface area contributed by atoms with Crippen LogP contribution in [0.1, 0.15) is 29.6 Å². The van der Waals surface area contributed by atoms with Crippen LogP contribution in [0.4, 0.5) is 10.8 Å². The molecule has 0 saturated heterocycles. The van der Waals surface area contributed by atoms with Gasteiger partial charge in [0.15, 0.2) is 10.3 Å². The lowest BCUT2D eigenvalue weighted by Gasteiger charge is -2.08. The molecule has 1 aromatic carbocycles. The lowest BCUT2D eigenvalue weighted by atomic mass is 10.1. The predicted octanol–water partition coefficient (Wildman–Crippen LogP) is 5.03. The Morgan fingerprint density at radius 2 is 2.12 bits per heavy atom. The molecule has 0 bridgehead atoms. The number of nitrogens with zero attached hydrogens (tertiary/aromatic N) is 5. The third kappa shape index (κ3) is 5.13. The lowest BCUT2D eigenvalue weighted by molar-refractivity contribution is -0.384. The second-order valence-electron chi connectivity index (χ2n) is 7.44. The first-order chi connectivity index (χ1) is 16.1. The van der Waals surface area contributed by atoms with E-state index in [4.69, 9.17) is 0 Å². The van der Waals surface area contributed by atoms with Gasteiger partial charge in [0.1, 0.15) is 5.82 Å². The minimum Gasteiger partial charge on any atom is -0.303 e. The summed E-state index contributed by atoms with van der Waals surface area (Å²) in [6.45, 7) is 0. The molecule has 168 valence electrons. The number of thioether (sulfide) groups is 1. The third-order valence-electron chi connectivity index (χ3n) is 5.00. The summed E-state index contributed by atoms with van der Waals surface area (Å²) >= 11 is 4.34. The average molecular weight is 499 g/mol. The van der Waals surface area contributed by atoms with Crippen molar-refractivity contribution in [2.24, 2.45) is 0 Å². The highest BCUT2D eigenvalue weighted by atomic mass is 32.2. The molecule has 0 radical (unpaired) electrons. The Morgan fingerprint density at radius 3 is 2.88 bits per heavy atom. The van der Waals surface area contributed by atoms with Gasteiger partial charge in [-0.2, -0.15) is 0 Å². The number of hydrogen-bond donors (Lipinski definition) is 1. The number of amides is 1. The van der Waals surface area contributed by atoms with Gasteiger partial charge in [-0.05, 0) is 24.3 Å². The van der Waals surface area contributed by atoms with Crippen LogP contribution in [0.3, 0.4) is 0 Å². The maximum Gasteiger partial charge on any atom is 0.270 e. The van der Waals surface area contributed by atoms with Crippen LogP contribution in [0.15, 0.2) is 52.3 Å². The van der Waals surface area contributed by atoms with Crippen molar-refractivity contribution in [2.75, 3.05) is 11.1 Å². The number of aromatic nitrogens is 4. The highest BCUT2D eigenvalue weighted by Gasteiger charge is 2.30. The van der Waals surface area contributed by atoms with Crippen LogP contribution in [0.2, 0.25) is 0 Å². The predicted molar refractivity (Wildman–Crippen MR) is 129 cm³/mol. The van der Waals surface area contributed by atoms with Crippen LogP contribution < -0.4 is 5.32 Å². The van der Waals surface area contributed by atoms with E-state index in [0.29, 0.717) is 22.4 Å². The molecule has 5 rings (SSSR count). The van der Waals surface area contributed by atoms with E-state index in [-0.39, 0.29) is 17.3 Å². The second kappa shape index (κ2) is 9.41. The van der Waals surface area contributed by atoms with Crippen molar-refractivity contribution in [3.8, 4) is 11.3 Å². The molecule has 3 heterocycles. The number of carbonyl (C=O) groups is 1. The zero-order valence-electron chi connectivity index (χ0n) is 17.2. The number of non-ortho nitro benzene ring substituents is 1. The molecule has 0 aliphatic heterocycles. The van der Waals surface area contributed by atoms with Gasteiger partial charge in [0.05, 0.1) is 16.4 Å². The highest BCUT2D eigenvalue weighted by Crippen LogP contribution is 2.39. The van der Waals surface area contributed by atoms with E-state index in [1.54, 1.807) is 28.8 Å². The standard InChI is InChI=1S/C21H18N6O3S3/c28-19(23-20-22-17(11-32-20)13-3-1-4-15(9-13)27(29)30)12-33-21-25-24-18(26(21)14-6-7-14)10-16-5-2-8-31-16/h1-5,8-9,11,14H,6-7,10,12H2,(H,22,23,28). The van der Waals surface area contributed by atoms with E-state index in [1.165, 1.54) is 40.1 Å². The van der Waals surface area contributed by atoms with Crippen molar-refractivity contribution in [3.05, 3.63) is 68.0 Å². The fraction of sp³-hybridized carbons (Fsp3) is 0.238. The summed E-state index contributed by atoms with van der Waals surface area (Å²) in [5.41, 5.74) is 1.21. The summed E-state index contributed by atoms with van der Waals surface area (Å²) < 4.78 is 2.17. The summed E-state index contributed by atoms with van der Waals surface area (Å²) in [6.07, 6.45) is 2.96. The molecule has 9 nitrogen and oxygen atoms in total. The van der Waals surface area contributed by atoms with Gasteiger partial charge in [0.2, 0.25) is 5.91 Å². The van der Waals surface area contributed by atoms with Gasteiger partial charge in [-0.15, -0.1) is 32.9 Å². The number of thiazole rings is 1. The minimum absolute atomic E-state index is 0.000655. The van der Waals surface area contributed by atoms with E-state index in [2.05, 4.69) is 36.5 Å². The smallest absolute Gasteiger partial charge is 0.270 e. The Kier molecular flexibility index (Phi) is 6.20. The Bertz CT molecular complexity index is 1300. The Balaban J connectivity index is 1.22. The minimum atomic E-state index is -0.442. The molecule has 33 heavy (non-hydrogen) atoms. The summed E-state index contributed by atoms with van der Waals surface area (Å²) in [6, 6.07) is 10.8. The van der Waals surface area contributed by atoms with Crippen molar-refractivity contribution in [1.82, 2.24) is 19.7 Å². The van der Waals surface area contributed by atoms with Gasteiger partial charge < -0.3 is 9.88 Å². The number of nitrogens with one attached hydrogen (secondary N) is 1. The second-order valence-corrected chi connectivity index (χ2v) is 10.3. The Morgan fingerprint density at radius 1 is 1.24 bits per heavy atom. The zero-order valence-corrected chi connectivity index (χ0v) is 19.7. The summed E-state index contributed by atoms with van der Waals surface area (Å²) in [7, 11) is 0. The molecule has 1 fully saturated rings. The fourth-order valence-electron chi connectivity index (χ4n) is 3.32. The number of anilines is 1. The summed E-state index contributed by atoms with van der Waals surface area (Å²) in [5, 5.41) is 27.5. The number of thiophene rings is 1. The summed E-state index contributed by atoms with van der Waals surface area (Å²) in [4.78, 5) is 28.7. The van der Waals surface area contributed by atoms with Gasteiger partial charge in [-0.1, -0.05) is 30.0 Å². The molecular weight excluding hydrogens is 480 g/mol. The van der Waals surface area contributed by atoms with Crippen molar-refractivity contribution in [1.29, 1.82) is 0 Å². The van der Waals surface area contributed by atoms with Gasteiger partial charge >= 0.3 is 0 Å². The van der Waals surface area contributed by atoms with E-state index in [0.717, 1.165) is 30.2 Å². The van der Waals surface area contributed by atoms with Crippen molar-refractivity contribution in [3.63, 3.8) is 0 Å². The largest absolute Gasteiger partial charge is 0.303 e.